The van der Waals surface area contributed by atoms with E-state index < -0.39 is 0 Å². The zero-order valence-corrected chi connectivity index (χ0v) is 8.33. The molecule has 0 aliphatic carbocycles. The summed E-state index contributed by atoms with van der Waals surface area (Å²) in [6, 6.07) is 5.15. The average Bonchev–Trinajstić information content (AvgIpc) is 2.18. The highest BCUT2D eigenvalue weighted by atomic mass is 16.5. The van der Waals surface area contributed by atoms with Crippen LogP contribution in [0.1, 0.15) is 13.3 Å². The molecule has 0 radical (unpaired) electrons. The fraction of sp³-hybridized carbons (Fsp3) is 0.300. The molecule has 1 aromatic rings. The third-order valence-corrected chi connectivity index (χ3v) is 1.83. The summed E-state index contributed by atoms with van der Waals surface area (Å²) in [6.07, 6.45) is 0.450. The summed E-state index contributed by atoms with van der Waals surface area (Å²) in [4.78, 5) is 11.1. The van der Waals surface area contributed by atoms with E-state index in [0.29, 0.717) is 23.5 Å². The van der Waals surface area contributed by atoms with Gasteiger partial charge in [0.05, 0.1) is 12.8 Å². The predicted octanol–water partition coefficient (Wildman–Crippen LogP) is 1.63. The van der Waals surface area contributed by atoms with Gasteiger partial charge in [-0.2, -0.15) is 0 Å². The van der Waals surface area contributed by atoms with Crippen molar-refractivity contribution in [3.05, 3.63) is 18.2 Å². The van der Waals surface area contributed by atoms with Gasteiger partial charge in [0.15, 0.2) is 0 Å². The van der Waals surface area contributed by atoms with Crippen molar-refractivity contribution in [2.75, 3.05) is 18.2 Å². The van der Waals surface area contributed by atoms with E-state index in [1.807, 2.05) is 0 Å². The summed E-state index contributed by atoms with van der Waals surface area (Å²) >= 11 is 0. The summed E-state index contributed by atoms with van der Waals surface area (Å²) in [5.41, 5.74) is 6.88. The minimum absolute atomic E-state index is 0.0328. The average molecular weight is 194 g/mol. The van der Waals surface area contributed by atoms with Gasteiger partial charge in [0.1, 0.15) is 5.75 Å². The molecule has 4 heteroatoms. The lowest BCUT2D eigenvalue weighted by molar-refractivity contribution is -0.115. The maximum Gasteiger partial charge on any atom is 0.224 e. The summed E-state index contributed by atoms with van der Waals surface area (Å²) in [5, 5.41) is 2.71. The predicted molar refractivity (Wildman–Crippen MR) is 56.3 cm³/mol. The molecule has 0 heterocycles. The molecule has 0 fully saturated rings. The molecule has 0 aliphatic heterocycles. The van der Waals surface area contributed by atoms with Crippen LogP contribution in [0.25, 0.3) is 0 Å². The topological polar surface area (TPSA) is 64.3 Å². The van der Waals surface area contributed by atoms with Crippen molar-refractivity contribution in [3.8, 4) is 5.75 Å². The summed E-state index contributed by atoms with van der Waals surface area (Å²) < 4.78 is 4.99. The summed E-state index contributed by atoms with van der Waals surface area (Å²) in [6.45, 7) is 1.79. The number of anilines is 2. The lowest BCUT2D eigenvalue weighted by Crippen LogP contribution is -2.09. The molecular weight excluding hydrogens is 180 g/mol. The Morgan fingerprint density at radius 2 is 2.29 bits per heavy atom. The quantitative estimate of drug-likeness (QED) is 0.719. The normalized spacial score (nSPS) is 9.57. The lowest BCUT2D eigenvalue weighted by Gasteiger charge is -2.07. The van der Waals surface area contributed by atoms with E-state index in [-0.39, 0.29) is 5.91 Å². The third kappa shape index (κ3) is 2.39. The van der Waals surface area contributed by atoms with Crippen LogP contribution in [0.4, 0.5) is 11.4 Å². The number of hydrogen-bond donors (Lipinski definition) is 2. The Balaban J connectivity index is 2.81. The van der Waals surface area contributed by atoms with Gasteiger partial charge in [0, 0.05) is 12.1 Å². The van der Waals surface area contributed by atoms with Gasteiger partial charge in [-0.3, -0.25) is 4.79 Å². The standard InChI is InChI=1S/C10H14N2O2/c1-3-10(13)12-7-4-5-9(14-2)8(11)6-7/h4-6H,3,11H2,1-2H3,(H,12,13). The van der Waals surface area contributed by atoms with Crippen LogP contribution in [0.5, 0.6) is 5.75 Å². The van der Waals surface area contributed by atoms with E-state index in [0.717, 1.165) is 0 Å². The molecule has 0 spiro atoms. The third-order valence-electron chi connectivity index (χ3n) is 1.83. The summed E-state index contributed by atoms with van der Waals surface area (Å²) in [5.74, 6) is 0.578. The van der Waals surface area contributed by atoms with Crippen LogP contribution in [-0.4, -0.2) is 13.0 Å². The first-order valence-electron chi connectivity index (χ1n) is 4.40. The maximum atomic E-state index is 11.1. The molecule has 0 aliphatic rings. The zero-order chi connectivity index (χ0) is 10.6. The van der Waals surface area contributed by atoms with Crippen LogP contribution in [0.2, 0.25) is 0 Å². The number of hydrogen-bond acceptors (Lipinski definition) is 3. The van der Waals surface area contributed by atoms with E-state index >= 15 is 0 Å². The van der Waals surface area contributed by atoms with Crippen LogP contribution in [0.15, 0.2) is 18.2 Å². The molecule has 3 N–H and O–H groups in total. The van der Waals surface area contributed by atoms with Crippen molar-refractivity contribution in [2.45, 2.75) is 13.3 Å². The minimum atomic E-state index is -0.0328. The van der Waals surface area contributed by atoms with Gasteiger partial charge < -0.3 is 15.8 Å². The Kier molecular flexibility index (Phi) is 3.34. The van der Waals surface area contributed by atoms with Crippen molar-refractivity contribution in [1.82, 2.24) is 0 Å². The Morgan fingerprint density at radius 1 is 1.57 bits per heavy atom. The van der Waals surface area contributed by atoms with Crippen LogP contribution < -0.4 is 15.8 Å². The molecule has 0 saturated heterocycles. The number of carbonyl (C=O) groups excluding carboxylic acids is 1. The molecule has 76 valence electrons. The van der Waals surface area contributed by atoms with E-state index in [4.69, 9.17) is 10.5 Å². The lowest BCUT2D eigenvalue weighted by atomic mass is 10.2. The van der Waals surface area contributed by atoms with Gasteiger partial charge in [0.2, 0.25) is 5.91 Å². The highest BCUT2D eigenvalue weighted by molar-refractivity contribution is 5.91. The van der Waals surface area contributed by atoms with Gasteiger partial charge in [-0.25, -0.2) is 0 Å². The number of amides is 1. The van der Waals surface area contributed by atoms with Crippen molar-refractivity contribution in [3.63, 3.8) is 0 Å². The van der Waals surface area contributed by atoms with E-state index in [9.17, 15) is 4.79 Å². The molecular formula is C10H14N2O2. The van der Waals surface area contributed by atoms with Crippen molar-refractivity contribution in [1.29, 1.82) is 0 Å². The Hall–Kier alpha value is -1.71. The zero-order valence-electron chi connectivity index (χ0n) is 8.33. The number of ether oxygens (including phenoxy) is 1. The van der Waals surface area contributed by atoms with E-state index in [1.54, 1.807) is 32.2 Å². The second-order valence-electron chi connectivity index (χ2n) is 2.86. The van der Waals surface area contributed by atoms with Gasteiger partial charge in [-0.15, -0.1) is 0 Å². The molecule has 0 saturated carbocycles. The fourth-order valence-electron chi connectivity index (χ4n) is 1.06. The van der Waals surface area contributed by atoms with Crippen LogP contribution >= 0.6 is 0 Å². The molecule has 1 rings (SSSR count). The highest BCUT2D eigenvalue weighted by Gasteiger charge is 2.02. The van der Waals surface area contributed by atoms with Gasteiger partial charge in [-0.05, 0) is 18.2 Å². The van der Waals surface area contributed by atoms with E-state index in [1.165, 1.54) is 0 Å². The number of benzene rings is 1. The first-order valence-corrected chi connectivity index (χ1v) is 4.40. The fourth-order valence-corrected chi connectivity index (χ4v) is 1.06. The van der Waals surface area contributed by atoms with Gasteiger partial charge >= 0.3 is 0 Å². The van der Waals surface area contributed by atoms with Gasteiger partial charge in [-0.1, -0.05) is 6.92 Å². The first kappa shape index (κ1) is 10.4. The molecule has 0 bridgehead atoms. The monoisotopic (exact) mass is 194 g/mol. The Bertz CT molecular complexity index is 337. The SMILES string of the molecule is CCC(=O)Nc1ccc(OC)c(N)c1. The number of carbonyl (C=O) groups is 1. The number of rotatable bonds is 3. The smallest absolute Gasteiger partial charge is 0.224 e. The number of nitrogen functional groups attached to an aromatic ring is 1. The molecule has 1 aromatic carbocycles. The van der Waals surface area contributed by atoms with Crippen molar-refractivity contribution in [2.24, 2.45) is 0 Å². The van der Waals surface area contributed by atoms with Crippen molar-refractivity contribution < 1.29 is 9.53 Å². The molecule has 4 nitrogen and oxygen atoms in total. The maximum absolute atomic E-state index is 11.1. The molecule has 1 amide bonds. The van der Waals surface area contributed by atoms with Crippen molar-refractivity contribution >= 4 is 17.3 Å². The molecule has 0 aromatic heterocycles. The summed E-state index contributed by atoms with van der Waals surface area (Å²) in [7, 11) is 1.55. The van der Waals surface area contributed by atoms with Crippen LogP contribution in [0, 0.1) is 0 Å². The Labute approximate surface area is 83.1 Å². The second kappa shape index (κ2) is 4.50. The Morgan fingerprint density at radius 3 is 2.79 bits per heavy atom. The van der Waals surface area contributed by atoms with Crippen LogP contribution in [0.3, 0.4) is 0 Å². The first-order chi connectivity index (χ1) is 6.67. The molecule has 14 heavy (non-hydrogen) atoms. The number of methoxy groups -OCH3 is 1. The number of nitrogens with one attached hydrogen (secondary N) is 1. The van der Waals surface area contributed by atoms with Gasteiger partial charge in [0.25, 0.3) is 0 Å². The minimum Gasteiger partial charge on any atom is -0.495 e. The number of nitrogens with two attached hydrogens (primary N) is 1. The molecule has 0 unspecified atom stereocenters. The molecule has 0 atom stereocenters. The highest BCUT2D eigenvalue weighted by Crippen LogP contribution is 2.24. The van der Waals surface area contributed by atoms with E-state index in [2.05, 4.69) is 5.32 Å². The largest absolute Gasteiger partial charge is 0.495 e. The van der Waals surface area contributed by atoms with Crippen LogP contribution in [-0.2, 0) is 4.79 Å². The second-order valence-corrected chi connectivity index (χ2v) is 2.86.